The molecule has 0 spiro atoms. The lowest BCUT2D eigenvalue weighted by atomic mass is 10.0. The Morgan fingerprint density at radius 2 is 2.28 bits per heavy atom. The SMILES string of the molecule is C=CCN1CCCC(NCCC)c2ccccc21. The first kappa shape index (κ1) is 13.2. The van der Waals surface area contributed by atoms with E-state index in [9.17, 15) is 0 Å². The summed E-state index contributed by atoms with van der Waals surface area (Å²) in [6, 6.07) is 9.30. The van der Waals surface area contributed by atoms with E-state index in [-0.39, 0.29) is 0 Å². The summed E-state index contributed by atoms with van der Waals surface area (Å²) in [4.78, 5) is 2.44. The van der Waals surface area contributed by atoms with Gasteiger partial charge in [-0.25, -0.2) is 0 Å². The molecule has 2 nitrogen and oxygen atoms in total. The summed E-state index contributed by atoms with van der Waals surface area (Å²) in [5, 5.41) is 3.68. The number of anilines is 1. The number of rotatable bonds is 5. The van der Waals surface area contributed by atoms with E-state index < -0.39 is 0 Å². The Morgan fingerprint density at radius 3 is 3.06 bits per heavy atom. The van der Waals surface area contributed by atoms with Crippen molar-refractivity contribution in [3.05, 3.63) is 42.5 Å². The maximum Gasteiger partial charge on any atom is 0.0417 e. The van der Waals surface area contributed by atoms with Crippen LogP contribution in [0.3, 0.4) is 0 Å². The number of hydrogen-bond donors (Lipinski definition) is 1. The van der Waals surface area contributed by atoms with Gasteiger partial charge in [-0.3, -0.25) is 0 Å². The molecule has 1 aromatic rings. The fourth-order valence-corrected chi connectivity index (χ4v) is 2.71. The topological polar surface area (TPSA) is 15.3 Å². The molecule has 1 atom stereocenters. The van der Waals surface area contributed by atoms with E-state index in [1.165, 1.54) is 30.5 Å². The third-order valence-electron chi connectivity index (χ3n) is 3.56. The average molecular weight is 244 g/mol. The maximum atomic E-state index is 3.87. The summed E-state index contributed by atoms with van der Waals surface area (Å²) in [5.74, 6) is 0. The lowest BCUT2D eigenvalue weighted by molar-refractivity contribution is 0.496. The second-order valence-corrected chi connectivity index (χ2v) is 4.94. The molecule has 1 aliphatic rings. The van der Waals surface area contributed by atoms with Crippen LogP contribution in [0.2, 0.25) is 0 Å². The maximum absolute atomic E-state index is 3.87. The van der Waals surface area contributed by atoms with Gasteiger partial charge in [0.15, 0.2) is 0 Å². The molecular formula is C16H24N2. The molecule has 0 aromatic heterocycles. The predicted molar refractivity (Wildman–Crippen MR) is 79.1 cm³/mol. The van der Waals surface area contributed by atoms with Crippen molar-refractivity contribution in [2.45, 2.75) is 32.2 Å². The van der Waals surface area contributed by atoms with E-state index in [4.69, 9.17) is 0 Å². The molecule has 0 radical (unpaired) electrons. The molecule has 0 aliphatic carbocycles. The van der Waals surface area contributed by atoms with Crippen LogP contribution in [0.5, 0.6) is 0 Å². The highest BCUT2D eigenvalue weighted by Gasteiger charge is 2.21. The van der Waals surface area contributed by atoms with Crippen molar-refractivity contribution in [3.8, 4) is 0 Å². The Kier molecular flexibility index (Phi) is 4.82. The molecule has 0 fully saturated rings. The van der Waals surface area contributed by atoms with Crippen molar-refractivity contribution in [2.24, 2.45) is 0 Å². The molecule has 2 rings (SSSR count). The van der Waals surface area contributed by atoms with Crippen molar-refractivity contribution in [2.75, 3.05) is 24.5 Å². The number of fused-ring (bicyclic) bond motifs is 1. The summed E-state index contributed by atoms with van der Waals surface area (Å²) in [5.41, 5.74) is 2.83. The van der Waals surface area contributed by atoms with Gasteiger partial charge in [0.25, 0.3) is 0 Å². The van der Waals surface area contributed by atoms with Crippen LogP contribution in [0.4, 0.5) is 5.69 Å². The van der Waals surface area contributed by atoms with Gasteiger partial charge in [0.1, 0.15) is 0 Å². The lowest BCUT2D eigenvalue weighted by Crippen LogP contribution is -2.24. The van der Waals surface area contributed by atoms with Crippen LogP contribution in [-0.4, -0.2) is 19.6 Å². The van der Waals surface area contributed by atoms with Gasteiger partial charge in [-0.2, -0.15) is 0 Å². The van der Waals surface area contributed by atoms with Gasteiger partial charge in [0.05, 0.1) is 0 Å². The van der Waals surface area contributed by atoms with E-state index in [1.807, 2.05) is 6.08 Å². The molecule has 18 heavy (non-hydrogen) atoms. The van der Waals surface area contributed by atoms with Gasteiger partial charge in [-0.15, -0.1) is 6.58 Å². The highest BCUT2D eigenvalue weighted by molar-refractivity contribution is 5.56. The van der Waals surface area contributed by atoms with E-state index in [0.717, 1.165) is 19.6 Å². The second-order valence-electron chi connectivity index (χ2n) is 4.94. The molecule has 1 N–H and O–H groups in total. The molecule has 2 heteroatoms. The van der Waals surface area contributed by atoms with Gasteiger partial charge in [0, 0.05) is 24.8 Å². The Bertz CT molecular complexity index is 386. The van der Waals surface area contributed by atoms with Crippen molar-refractivity contribution < 1.29 is 0 Å². The van der Waals surface area contributed by atoms with Crippen LogP contribution in [0.25, 0.3) is 0 Å². The second kappa shape index (κ2) is 6.60. The fraction of sp³-hybridized carbons (Fsp3) is 0.500. The van der Waals surface area contributed by atoms with Gasteiger partial charge in [0.2, 0.25) is 0 Å². The highest BCUT2D eigenvalue weighted by Crippen LogP contribution is 2.32. The van der Waals surface area contributed by atoms with Crippen molar-refractivity contribution in [1.29, 1.82) is 0 Å². The van der Waals surface area contributed by atoms with Crippen LogP contribution in [0.15, 0.2) is 36.9 Å². The largest absolute Gasteiger partial charge is 0.368 e. The predicted octanol–water partition coefficient (Wildman–Crippen LogP) is 3.51. The minimum absolute atomic E-state index is 0.510. The number of nitrogens with one attached hydrogen (secondary N) is 1. The third-order valence-corrected chi connectivity index (χ3v) is 3.56. The first-order valence-electron chi connectivity index (χ1n) is 7.05. The zero-order valence-electron chi connectivity index (χ0n) is 11.4. The number of hydrogen-bond acceptors (Lipinski definition) is 2. The van der Waals surface area contributed by atoms with Crippen LogP contribution in [0.1, 0.15) is 37.8 Å². The molecule has 0 saturated carbocycles. The van der Waals surface area contributed by atoms with Crippen LogP contribution in [-0.2, 0) is 0 Å². The summed E-state index contributed by atoms with van der Waals surface area (Å²) in [7, 11) is 0. The first-order chi connectivity index (χ1) is 8.86. The first-order valence-corrected chi connectivity index (χ1v) is 7.05. The smallest absolute Gasteiger partial charge is 0.0417 e. The molecule has 98 valence electrons. The monoisotopic (exact) mass is 244 g/mol. The lowest BCUT2D eigenvalue weighted by Gasteiger charge is -2.24. The van der Waals surface area contributed by atoms with Gasteiger partial charge < -0.3 is 10.2 Å². The minimum atomic E-state index is 0.510. The molecule has 0 saturated heterocycles. The van der Waals surface area contributed by atoms with Crippen LogP contribution in [0, 0.1) is 0 Å². The van der Waals surface area contributed by atoms with E-state index in [2.05, 4.69) is 48.0 Å². The Hall–Kier alpha value is -1.28. The normalized spacial score (nSPS) is 19.2. The minimum Gasteiger partial charge on any atom is -0.368 e. The quantitative estimate of drug-likeness (QED) is 0.797. The van der Waals surface area contributed by atoms with E-state index in [1.54, 1.807) is 0 Å². The van der Waals surface area contributed by atoms with Gasteiger partial charge >= 0.3 is 0 Å². The number of para-hydroxylation sites is 1. The molecule has 1 unspecified atom stereocenters. The molecule has 1 aromatic carbocycles. The third kappa shape index (κ3) is 2.94. The Balaban J connectivity index is 2.25. The van der Waals surface area contributed by atoms with Crippen molar-refractivity contribution in [1.82, 2.24) is 5.32 Å². The Morgan fingerprint density at radius 1 is 1.44 bits per heavy atom. The van der Waals surface area contributed by atoms with Crippen LogP contribution >= 0.6 is 0 Å². The van der Waals surface area contributed by atoms with E-state index in [0.29, 0.717) is 6.04 Å². The highest BCUT2D eigenvalue weighted by atomic mass is 15.1. The number of nitrogens with zero attached hydrogens (tertiary/aromatic N) is 1. The van der Waals surface area contributed by atoms with Crippen LogP contribution < -0.4 is 10.2 Å². The van der Waals surface area contributed by atoms with Crippen molar-refractivity contribution >= 4 is 5.69 Å². The summed E-state index contributed by atoms with van der Waals surface area (Å²) < 4.78 is 0. The van der Waals surface area contributed by atoms with Crippen molar-refractivity contribution in [3.63, 3.8) is 0 Å². The summed E-state index contributed by atoms with van der Waals surface area (Å²) in [6.07, 6.45) is 5.65. The average Bonchev–Trinajstić information content (AvgIpc) is 2.57. The molecule has 0 bridgehead atoms. The zero-order chi connectivity index (χ0) is 12.8. The van der Waals surface area contributed by atoms with Gasteiger partial charge in [-0.05, 0) is 37.4 Å². The summed E-state index contributed by atoms with van der Waals surface area (Å²) >= 11 is 0. The molecule has 1 heterocycles. The number of benzene rings is 1. The van der Waals surface area contributed by atoms with Gasteiger partial charge in [-0.1, -0.05) is 31.2 Å². The fourth-order valence-electron chi connectivity index (χ4n) is 2.71. The zero-order valence-corrected chi connectivity index (χ0v) is 11.4. The molecular weight excluding hydrogens is 220 g/mol. The summed E-state index contributed by atoms with van der Waals surface area (Å²) in [6.45, 7) is 9.26. The molecule has 0 amide bonds. The standard InChI is InChI=1S/C16H24N2/c1-3-11-17-15-9-7-13-18(12-4-2)16-10-6-5-8-14(15)16/h4-6,8,10,15,17H,2-3,7,9,11-13H2,1H3. The molecule has 1 aliphatic heterocycles. The Labute approximate surface area is 111 Å². The van der Waals surface area contributed by atoms with E-state index >= 15 is 0 Å².